The Labute approximate surface area is 119 Å². The summed E-state index contributed by atoms with van der Waals surface area (Å²) in [5.41, 5.74) is 0.684. The van der Waals surface area contributed by atoms with Crippen molar-refractivity contribution in [2.45, 2.75) is 51.8 Å². The van der Waals surface area contributed by atoms with Crippen LogP contribution in [0.1, 0.15) is 32.8 Å². The van der Waals surface area contributed by atoms with Crippen LogP contribution in [0.5, 0.6) is 5.75 Å². The smallest absolute Gasteiger partial charge is 0.387 e. The highest BCUT2D eigenvalue weighted by molar-refractivity contribution is 5.27. The normalized spacial score (nSPS) is 14.6. The Bertz CT molecular complexity index is 395. The molecule has 0 amide bonds. The van der Waals surface area contributed by atoms with Crippen LogP contribution in [-0.2, 0) is 6.42 Å². The SMILES string of the molecule is CC(C)NC(C)(CO)CCc1ccc(OC(F)F)cc1. The Hall–Kier alpha value is -1.20. The molecule has 0 aliphatic rings. The molecular formula is C15H23F2NO2. The Morgan fingerprint density at radius 1 is 1.25 bits per heavy atom. The zero-order chi connectivity index (χ0) is 15.2. The molecule has 0 bridgehead atoms. The second-order valence-corrected chi connectivity index (χ2v) is 5.54. The second-order valence-electron chi connectivity index (χ2n) is 5.54. The van der Waals surface area contributed by atoms with Crippen LogP contribution in [-0.4, -0.2) is 29.9 Å². The van der Waals surface area contributed by atoms with Gasteiger partial charge in [-0.05, 0) is 37.5 Å². The molecule has 0 saturated carbocycles. The van der Waals surface area contributed by atoms with Crippen LogP contribution in [0.4, 0.5) is 8.78 Å². The van der Waals surface area contributed by atoms with Crippen LogP contribution in [0.25, 0.3) is 0 Å². The van der Waals surface area contributed by atoms with Crippen molar-refractivity contribution in [3.8, 4) is 5.75 Å². The molecule has 0 saturated heterocycles. The summed E-state index contributed by atoms with van der Waals surface area (Å²) >= 11 is 0. The summed E-state index contributed by atoms with van der Waals surface area (Å²) in [4.78, 5) is 0. The number of rotatable bonds is 8. The maximum absolute atomic E-state index is 12.0. The summed E-state index contributed by atoms with van der Waals surface area (Å²) in [6.45, 7) is 3.29. The van der Waals surface area contributed by atoms with Crippen molar-refractivity contribution >= 4 is 0 Å². The van der Waals surface area contributed by atoms with E-state index in [2.05, 4.69) is 10.1 Å². The average molecular weight is 287 g/mol. The molecule has 5 heteroatoms. The number of aliphatic hydroxyl groups excluding tert-OH is 1. The maximum Gasteiger partial charge on any atom is 0.387 e. The number of hydrogen-bond donors (Lipinski definition) is 2. The van der Waals surface area contributed by atoms with Gasteiger partial charge in [-0.2, -0.15) is 8.78 Å². The number of aliphatic hydroxyl groups is 1. The Morgan fingerprint density at radius 3 is 2.30 bits per heavy atom. The molecule has 1 aromatic carbocycles. The lowest BCUT2D eigenvalue weighted by atomic mass is 9.93. The fraction of sp³-hybridized carbons (Fsp3) is 0.600. The Morgan fingerprint density at radius 2 is 1.85 bits per heavy atom. The summed E-state index contributed by atoms with van der Waals surface area (Å²) in [7, 11) is 0. The van der Waals surface area contributed by atoms with Gasteiger partial charge in [0.25, 0.3) is 0 Å². The molecule has 114 valence electrons. The third-order valence-corrected chi connectivity index (χ3v) is 3.10. The summed E-state index contributed by atoms with van der Waals surface area (Å²) in [5, 5.41) is 12.8. The van der Waals surface area contributed by atoms with E-state index < -0.39 is 6.61 Å². The number of alkyl halides is 2. The van der Waals surface area contributed by atoms with Gasteiger partial charge in [-0.25, -0.2) is 0 Å². The van der Waals surface area contributed by atoms with E-state index in [1.54, 1.807) is 12.1 Å². The predicted octanol–water partition coefficient (Wildman–Crippen LogP) is 2.97. The molecule has 1 rings (SSSR count). The van der Waals surface area contributed by atoms with Gasteiger partial charge in [0.1, 0.15) is 5.75 Å². The minimum atomic E-state index is -2.80. The average Bonchev–Trinajstić information content (AvgIpc) is 2.36. The van der Waals surface area contributed by atoms with Crippen molar-refractivity contribution in [1.29, 1.82) is 0 Å². The molecule has 0 aromatic heterocycles. The Balaban J connectivity index is 2.56. The molecule has 20 heavy (non-hydrogen) atoms. The highest BCUT2D eigenvalue weighted by atomic mass is 19.3. The first kappa shape index (κ1) is 16.9. The van der Waals surface area contributed by atoms with Crippen LogP contribution < -0.4 is 10.1 Å². The van der Waals surface area contributed by atoms with Gasteiger partial charge < -0.3 is 15.2 Å². The van der Waals surface area contributed by atoms with Crippen LogP contribution in [0.3, 0.4) is 0 Å². The maximum atomic E-state index is 12.0. The highest BCUT2D eigenvalue weighted by Crippen LogP contribution is 2.18. The third-order valence-electron chi connectivity index (χ3n) is 3.10. The van der Waals surface area contributed by atoms with E-state index in [0.29, 0.717) is 0 Å². The van der Waals surface area contributed by atoms with Crippen LogP contribution >= 0.6 is 0 Å². The summed E-state index contributed by atoms with van der Waals surface area (Å²) < 4.78 is 28.4. The van der Waals surface area contributed by atoms with Gasteiger partial charge in [0.05, 0.1) is 6.61 Å². The monoisotopic (exact) mass is 287 g/mol. The number of halogens is 2. The minimum Gasteiger partial charge on any atom is -0.435 e. The molecule has 0 aliphatic heterocycles. The zero-order valence-electron chi connectivity index (χ0n) is 12.2. The van der Waals surface area contributed by atoms with Crippen molar-refractivity contribution in [3.63, 3.8) is 0 Å². The molecule has 1 atom stereocenters. The third kappa shape index (κ3) is 5.84. The van der Waals surface area contributed by atoms with Gasteiger partial charge in [0, 0.05) is 11.6 Å². The second kappa shape index (κ2) is 7.55. The summed E-state index contributed by atoms with van der Waals surface area (Å²) in [6.07, 6.45) is 1.52. The van der Waals surface area contributed by atoms with E-state index in [-0.39, 0.29) is 23.9 Å². The summed E-state index contributed by atoms with van der Waals surface area (Å²) in [5.74, 6) is 0.161. The first-order valence-corrected chi connectivity index (χ1v) is 6.77. The molecule has 0 heterocycles. The predicted molar refractivity (Wildman–Crippen MR) is 75.2 cm³/mol. The number of hydrogen-bond acceptors (Lipinski definition) is 3. The van der Waals surface area contributed by atoms with Gasteiger partial charge >= 0.3 is 6.61 Å². The standard InChI is InChI=1S/C15H23F2NO2/c1-11(2)18-15(3,10-19)9-8-12-4-6-13(7-5-12)20-14(16)17/h4-7,11,14,18-19H,8-10H2,1-3H3. The lowest BCUT2D eigenvalue weighted by Gasteiger charge is -2.31. The van der Waals surface area contributed by atoms with Crippen molar-refractivity contribution in [3.05, 3.63) is 29.8 Å². The first-order valence-electron chi connectivity index (χ1n) is 6.77. The number of aryl methyl sites for hydroxylation is 1. The van der Waals surface area contributed by atoms with E-state index in [0.717, 1.165) is 18.4 Å². The molecule has 2 N–H and O–H groups in total. The molecular weight excluding hydrogens is 264 g/mol. The fourth-order valence-electron chi connectivity index (χ4n) is 2.15. The summed E-state index contributed by atoms with van der Waals surface area (Å²) in [6, 6.07) is 6.89. The quantitative estimate of drug-likeness (QED) is 0.772. The van der Waals surface area contributed by atoms with Gasteiger partial charge in [-0.1, -0.05) is 26.0 Å². The number of ether oxygens (including phenoxy) is 1. The van der Waals surface area contributed by atoms with Crippen molar-refractivity contribution in [2.75, 3.05) is 6.61 Å². The van der Waals surface area contributed by atoms with Crippen molar-refractivity contribution in [2.24, 2.45) is 0 Å². The highest BCUT2D eigenvalue weighted by Gasteiger charge is 2.23. The fourth-order valence-corrected chi connectivity index (χ4v) is 2.15. The van der Waals surface area contributed by atoms with Crippen LogP contribution in [0, 0.1) is 0 Å². The van der Waals surface area contributed by atoms with E-state index in [1.165, 1.54) is 12.1 Å². The molecule has 3 nitrogen and oxygen atoms in total. The molecule has 0 fully saturated rings. The minimum absolute atomic E-state index is 0.0533. The van der Waals surface area contributed by atoms with Crippen molar-refractivity contribution < 1.29 is 18.6 Å². The van der Waals surface area contributed by atoms with E-state index in [4.69, 9.17) is 0 Å². The molecule has 0 spiro atoms. The first-order chi connectivity index (χ1) is 9.34. The lowest BCUT2D eigenvalue weighted by molar-refractivity contribution is -0.0498. The molecule has 0 aliphatic carbocycles. The Kier molecular flexibility index (Phi) is 6.36. The van der Waals surface area contributed by atoms with Crippen molar-refractivity contribution in [1.82, 2.24) is 5.32 Å². The molecule has 1 unspecified atom stereocenters. The zero-order valence-corrected chi connectivity index (χ0v) is 12.2. The topological polar surface area (TPSA) is 41.5 Å². The molecule has 0 radical (unpaired) electrons. The van der Waals surface area contributed by atoms with E-state index in [1.807, 2.05) is 20.8 Å². The van der Waals surface area contributed by atoms with E-state index >= 15 is 0 Å². The van der Waals surface area contributed by atoms with E-state index in [9.17, 15) is 13.9 Å². The van der Waals surface area contributed by atoms with Crippen LogP contribution in [0.2, 0.25) is 0 Å². The molecule has 1 aromatic rings. The number of benzene rings is 1. The van der Waals surface area contributed by atoms with Crippen LogP contribution in [0.15, 0.2) is 24.3 Å². The van der Waals surface area contributed by atoms with Gasteiger partial charge in [-0.15, -0.1) is 0 Å². The lowest BCUT2D eigenvalue weighted by Crippen LogP contribution is -2.49. The van der Waals surface area contributed by atoms with Gasteiger partial charge in [-0.3, -0.25) is 0 Å². The number of nitrogens with one attached hydrogen (secondary N) is 1. The largest absolute Gasteiger partial charge is 0.435 e. The van der Waals surface area contributed by atoms with Gasteiger partial charge in [0.15, 0.2) is 0 Å². The van der Waals surface area contributed by atoms with Gasteiger partial charge in [0.2, 0.25) is 0 Å².